The Kier molecular flexibility index (Phi) is 5.84. The molecule has 0 unspecified atom stereocenters. The Morgan fingerprint density at radius 2 is 2.04 bits per heavy atom. The van der Waals surface area contributed by atoms with Gasteiger partial charge in [-0.3, -0.25) is 9.69 Å². The highest BCUT2D eigenvalue weighted by molar-refractivity contribution is 5.88. The second-order valence-corrected chi connectivity index (χ2v) is 6.81. The molecule has 0 radical (unpaired) electrons. The first-order chi connectivity index (χ1) is 12.1. The number of carbonyl (C=O) groups excluding carboxylic acids is 1. The number of anilines is 1. The van der Waals surface area contributed by atoms with Crippen LogP contribution >= 0.6 is 0 Å². The second kappa shape index (κ2) is 8.28. The summed E-state index contributed by atoms with van der Waals surface area (Å²) >= 11 is 0. The molecule has 2 atom stereocenters. The van der Waals surface area contributed by atoms with E-state index in [9.17, 15) is 9.90 Å². The van der Waals surface area contributed by atoms with Gasteiger partial charge in [-0.2, -0.15) is 0 Å². The zero-order valence-corrected chi connectivity index (χ0v) is 14.7. The third-order valence-electron chi connectivity index (χ3n) is 4.81. The van der Waals surface area contributed by atoms with Crippen molar-refractivity contribution in [2.24, 2.45) is 0 Å². The minimum Gasteiger partial charge on any atom is -0.388 e. The van der Waals surface area contributed by atoms with Crippen LogP contribution in [0.1, 0.15) is 43.4 Å². The topological polar surface area (TPSA) is 52.6 Å². The van der Waals surface area contributed by atoms with E-state index < -0.39 is 6.10 Å². The Labute approximate surface area is 149 Å². The van der Waals surface area contributed by atoms with E-state index in [1.807, 2.05) is 48.5 Å². The normalized spacial score (nSPS) is 18.9. The molecule has 2 N–H and O–H groups in total. The fraction of sp³-hybridized carbons (Fsp3) is 0.381. The average Bonchev–Trinajstić information content (AvgIpc) is 3.02. The predicted octanol–water partition coefficient (Wildman–Crippen LogP) is 3.73. The van der Waals surface area contributed by atoms with Crippen molar-refractivity contribution in [1.29, 1.82) is 0 Å². The largest absolute Gasteiger partial charge is 0.388 e. The minimum absolute atomic E-state index is 0.0535. The van der Waals surface area contributed by atoms with Gasteiger partial charge < -0.3 is 10.4 Å². The van der Waals surface area contributed by atoms with Crippen LogP contribution in [-0.2, 0) is 11.3 Å². The number of hydrogen-bond acceptors (Lipinski definition) is 3. The number of hydrogen-bond donors (Lipinski definition) is 2. The molecule has 1 saturated heterocycles. The lowest BCUT2D eigenvalue weighted by molar-refractivity contribution is -0.114. The van der Waals surface area contributed by atoms with Crippen molar-refractivity contribution >= 4 is 11.6 Å². The quantitative estimate of drug-likeness (QED) is 0.844. The molecule has 0 saturated carbocycles. The van der Waals surface area contributed by atoms with E-state index >= 15 is 0 Å². The molecule has 0 aliphatic carbocycles. The first kappa shape index (κ1) is 17.6. The van der Waals surface area contributed by atoms with E-state index in [1.54, 1.807) is 0 Å². The molecule has 0 spiro atoms. The number of carbonyl (C=O) groups is 1. The fourth-order valence-electron chi connectivity index (χ4n) is 3.62. The van der Waals surface area contributed by atoms with Crippen LogP contribution in [-0.4, -0.2) is 28.5 Å². The number of aliphatic hydroxyl groups is 1. The van der Waals surface area contributed by atoms with Crippen molar-refractivity contribution in [1.82, 2.24) is 4.90 Å². The van der Waals surface area contributed by atoms with Crippen molar-refractivity contribution in [2.45, 2.75) is 44.9 Å². The van der Waals surface area contributed by atoms with Crippen LogP contribution < -0.4 is 5.32 Å². The first-order valence-electron chi connectivity index (χ1n) is 8.95. The predicted molar refractivity (Wildman–Crippen MR) is 100 cm³/mol. The van der Waals surface area contributed by atoms with Crippen LogP contribution in [0.15, 0.2) is 54.6 Å². The molecule has 132 valence electrons. The Balaban J connectivity index is 1.63. The summed E-state index contributed by atoms with van der Waals surface area (Å²) in [6.07, 6.45) is 2.62. The second-order valence-electron chi connectivity index (χ2n) is 6.81. The molecule has 1 amide bonds. The molecule has 3 rings (SSSR count). The van der Waals surface area contributed by atoms with Gasteiger partial charge in [-0.1, -0.05) is 42.5 Å². The molecular formula is C21H26N2O2. The number of amides is 1. The first-order valence-corrected chi connectivity index (χ1v) is 8.95. The van der Waals surface area contributed by atoms with E-state index in [-0.39, 0.29) is 5.91 Å². The molecule has 25 heavy (non-hydrogen) atoms. The number of rotatable bonds is 6. The zero-order valence-electron chi connectivity index (χ0n) is 14.7. The molecule has 2 aromatic rings. The summed E-state index contributed by atoms with van der Waals surface area (Å²) in [5.74, 6) is -0.0535. The van der Waals surface area contributed by atoms with E-state index in [4.69, 9.17) is 0 Å². The van der Waals surface area contributed by atoms with Crippen LogP contribution in [0.2, 0.25) is 0 Å². The lowest BCUT2D eigenvalue weighted by atomic mass is 10.0. The van der Waals surface area contributed by atoms with Crippen LogP contribution in [0.25, 0.3) is 0 Å². The van der Waals surface area contributed by atoms with Gasteiger partial charge in [0.25, 0.3) is 0 Å². The lowest BCUT2D eigenvalue weighted by Gasteiger charge is -2.26. The van der Waals surface area contributed by atoms with Crippen LogP contribution in [0.3, 0.4) is 0 Å². The number of benzene rings is 2. The van der Waals surface area contributed by atoms with Crippen LogP contribution in [0.4, 0.5) is 5.69 Å². The Bertz CT molecular complexity index is 702. The van der Waals surface area contributed by atoms with Gasteiger partial charge >= 0.3 is 0 Å². The molecule has 1 aliphatic heterocycles. The van der Waals surface area contributed by atoms with E-state index in [0.717, 1.165) is 43.6 Å². The maximum absolute atomic E-state index is 11.2. The van der Waals surface area contributed by atoms with E-state index in [2.05, 4.69) is 16.3 Å². The maximum atomic E-state index is 11.2. The third-order valence-corrected chi connectivity index (χ3v) is 4.81. The standard InChI is InChI=1S/C21H26N2O2/c1-16(24)22-19-10-5-7-17(13-19)15-23-12-6-11-20(23)14-21(25)18-8-3-2-4-9-18/h2-5,7-10,13,20-21,25H,6,11-12,14-15H2,1H3,(H,22,24)/t20-,21-/m1/s1. The summed E-state index contributed by atoms with van der Waals surface area (Å²) in [6, 6.07) is 18.3. The van der Waals surface area contributed by atoms with E-state index in [0.29, 0.717) is 6.04 Å². The number of likely N-dealkylation sites (tertiary alicyclic amines) is 1. The molecule has 4 heteroatoms. The highest BCUT2D eigenvalue weighted by Gasteiger charge is 2.27. The van der Waals surface area contributed by atoms with Gasteiger partial charge in [0.1, 0.15) is 0 Å². The van der Waals surface area contributed by atoms with E-state index in [1.165, 1.54) is 12.5 Å². The SMILES string of the molecule is CC(=O)Nc1cccc(CN2CCC[C@@H]2C[C@@H](O)c2ccccc2)c1. The smallest absolute Gasteiger partial charge is 0.221 e. The molecule has 2 aromatic carbocycles. The molecule has 1 heterocycles. The van der Waals surface area contributed by atoms with Gasteiger partial charge in [0.2, 0.25) is 5.91 Å². The van der Waals surface area contributed by atoms with Crippen molar-refractivity contribution in [2.75, 3.05) is 11.9 Å². The summed E-state index contributed by atoms with van der Waals surface area (Å²) in [7, 11) is 0. The number of aliphatic hydroxyl groups excluding tert-OH is 1. The summed E-state index contributed by atoms with van der Waals surface area (Å²) < 4.78 is 0. The molecule has 4 nitrogen and oxygen atoms in total. The number of nitrogens with one attached hydrogen (secondary N) is 1. The van der Waals surface area contributed by atoms with Gasteiger partial charge in [-0.05, 0) is 49.1 Å². The average molecular weight is 338 g/mol. The molecule has 0 bridgehead atoms. The van der Waals surface area contributed by atoms with Gasteiger partial charge in [0, 0.05) is 25.2 Å². The van der Waals surface area contributed by atoms with Gasteiger partial charge in [0.15, 0.2) is 0 Å². The summed E-state index contributed by atoms with van der Waals surface area (Å²) in [4.78, 5) is 13.7. The van der Waals surface area contributed by atoms with Crippen LogP contribution in [0, 0.1) is 0 Å². The zero-order chi connectivity index (χ0) is 17.6. The fourth-order valence-corrected chi connectivity index (χ4v) is 3.62. The van der Waals surface area contributed by atoms with Gasteiger partial charge in [0.05, 0.1) is 6.10 Å². The molecular weight excluding hydrogens is 312 g/mol. The molecule has 0 aromatic heterocycles. The van der Waals surface area contributed by atoms with Gasteiger partial charge in [-0.15, -0.1) is 0 Å². The van der Waals surface area contributed by atoms with Gasteiger partial charge in [-0.25, -0.2) is 0 Å². The van der Waals surface area contributed by atoms with Crippen molar-refractivity contribution in [3.05, 3.63) is 65.7 Å². The monoisotopic (exact) mass is 338 g/mol. The molecule has 1 fully saturated rings. The highest BCUT2D eigenvalue weighted by Crippen LogP contribution is 2.28. The highest BCUT2D eigenvalue weighted by atomic mass is 16.3. The third kappa shape index (κ3) is 4.91. The summed E-state index contributed by atoms with van der Waals surface area (Å²) in [6.45, 7) is 3.42. The molecule has 1 aliphatic rings. The van der Waals surface area contributed by atoms with Crippen molar-refractivity contribution in [3.8, 4) is 0 Å². The lowest BCUT2D eigenvalue weighted by Crippen LogP contribution is -2.30. The summed E-state index contributed by atoms with van der Waals surface area (Å²) in [5, 5.41) is 13.4. The maximum Gasteiger partial charge on any atom is 0.221 e. The number of nitrogens with zero attached hydrogens (tertiary/aromatic N) is 1. The van der Waals surface area contributed by atoms with Crippen molar-refractivity contribution in [3.63, 3.8) is 0 Å². The van der Waals surface area contributed by atoms with Crippen LogP contribution in [0.5, 0.6) is 0 Å². The summed E-state index contributed by atoms with van der Waals surface area (Å²) in [5.41, 5.74) is 3.01. The Morgan fingerprint density at radius 3 is 2.80 bits per heavy atom. The Morgan fingerprint density at radius 1 is 1.24 bits per heavy atom. The Hall–Kier alpha value is -2.17. The van der Waals surface area contributed by atoms with Crippen molar-refractivity contribution < 1.29 is 9.90 Å². The minimum atomic E-state index is -0.419.